The van der Waals surface area contributed by atoms with Crippen LogP contribution in [-0.4, -0.2) is 22.6 Å². The van der Waals surface area contributed by atoms with Crippen LogP contribution in [0, 0.1) is 23.5 Å². The number of aromatic nitrogens is 1. The minimum absolute atomic E-state index is 0.0961. The van der Waals surface area contributed by atoms with E-state index < -0.39 is 17.5 Å². The fourth-order valence-electron chi connectivity index (χ4n) is 1.58. The average Bonchev–Trinajstić information content (AvgIpc) is 2.48. The van der Waals surface area contributed by atoms with Gasteiger partial charge in [0.15, 0.2) is 5.82 Å². The van der Waals surface area contributed by atoms with Crippen LogP contribution in [0.4, 0.5) is 14.5 Å². The molecule has 106 valence electrons. The second-order valence-corrected chi connectivity index (χ2v) is 3.96. The van der Waals surface area contributed by atoms with E-state index in [0.29, 0.717) is 5.56 Å². The first-order valence-electron chi connectivity index (χ1n) is 5.92. The number of nitrogens with one attached hydrogen (secondary N) is 1. The van der Waals surface area contributed by atoms with Gasteiger partial charge in [-0.1, -0.05) is 11.8 Å². The Balaban J connectivity index is 2.28. The van der Waals surface area contributed by atoms with E-state index in [9.17, 15) is 13.6 Å². The van der Waals surface area contributed by atoms with E-state index >= 15 is 0 Å². The van der Waals surface area contributed by atoms with Gasteiger partial charge in [-0.05, 0) is 24.3 Å². The Labute approximate surface area is 119 Å². The average molecular weight is 288 g/mol. The SMILES string of the molecule is O=C(Nc1ccncc1F)c1cc(C#CCO)ccc1F. The number of amides is 1. The summed E-state index contributed by atoms with van der Waals surface area (Å²) >= 11 is 0. The normalized spacial score (nSPS) is 9.67. The molecule has 0 saturated carbocycles. The van der Waals surface area contributed by atoms with Crippen LogP contribution in [0.2, 0.25) is 0 Å². The number of pyridine rings is 1. The molecule has 0 atom stereocenters. The van der Waals surface area contributed by atoms with E-state index in [2.05, 4.69) is 22.1 Å². The molecule has 0 fully saturated rings. The Morgan fingerprint density at radius 3 is 2.81 bits per heavy atom. The number of rotatable bonds is 2. The number of nitrogens with zero attached hydrogens (tertiary/aromatic N) is 1. The quantitative estimate of drug-likeness (QED) is 0.830. The molecule has 0 unspecified atom stereocenters. The van der Waals surface area contributed by atoms with Gasteiger partial charge in [-0.2, -0.15) is 0 Å². The zero-order chi connectivity index (χ0) is 15.2. The molecule has 6 heteroatoms. The Bertz CT molecular complexity index is 736. The molecule has 0 saturated heterocycles. The smallest absolute Gasteiger partial charge is 0.258 e. The number of halogens is 2. The van der Waals surface area contributed by atoms with E-state index in [1.54, 1.807) is 0 Å². The zero-order valence-electron chi connectivity index (χ0n) is 10.7. The molecule has 1 heterocycles. The van der Waals surface area contributed by atoms with E-state index in [-0.39, 0.29) is 17.9 Å². The monoisotopic (exact) mass is 288 g/mol. The van der Waals surface area contributed by atoms with Gasteiger partial charge in [0.05, 0.1) is 17.4 Å². The maximum Gasteiger partial charge on any atom is 0.258 e. The van der Waals surface area contributed by atoms with Crippen LogP contribution in [0.15, 0.2) is 36.7 Å². The Kier molecular flexibility index (Phi) is 4.59. The highest BCUT2D eigenvalue weighted by Crippen LogP contribution is 2.15. The van der Waals surface area contributed by atoms with E-state index in [1.807, 2.05) is 0 Å². The van der Waals surface area contributed by atoms with Gasteiger partial charge < -0.3 is 10.4 Å². The minimum Gasteiger partial charge on any atom is -0.384 e. The van der Waals surface area contributed by atoms with Crippen molar-refractivity contribution in [2.75, 3.05) is 11.9 Å². The van der Waals surface area contributed by atoms with Crippen molar-refractivity contribution in [2.24, 2.45) is 0 Å². The van der Waals surface area contributed by atoms with Crippen LogP contribution >= 0.6 is 0 Å². The molecule has 0 spiro atoms. The first-order chi connectivity index (χ1) is 10.1. The van der Waals surface area contributed by atoms with Crippen LogP contribution in [0.25, 0.3) is 0 Å². The summed E-state index contributed by atoms with van der Waals surface area (Å²) in [4.78, 5) is 15.5. The number of hydrogen-bond donors (Lipinski definition) is 2. The Morgan fingerprint density at radius 2 is 2.10 bits per heavy atom. The number of anilines is 1. The standard InChI is InChI=1S/C15H10F2N2O2/c16-12-4-3-10(2-1-7-20)8-11(12)15(21)19-14-5-6-18-9-13(14)17/h3-6,8-9,20H,7H2,(H,18,19,21). The van der Waals surface area contributed by atoms with Gasteiger partial charge >= 0.3 is 0 Å². The van der Waals surface area contributed by atoms with Gasteiger partial charge in [0.25, 0.3) is 5.91 Å². The molecule has 1 amide bonds. The number of carbonyl (C=O) groups is 1. The van der Waals surface area contributed by atoms with Gasteiger partial charge in [-0.25, -0.2) is 8.78 Å². The zero-order valence-corrected chi connectivity index (χ0v) is 10.7. The summed E-state index contributed by atoms with van der Waals surface area (Å²) in [5.74, 6) is 2.68. The topological polar surface area (TPSA) is 62.2 Å². The molecular weight excluding hydrogens is 278 g/mol. The summed E-state index contributed by atoms with van der Waals surface area (Å²) in [5, 5.41) is 10.9. The summed E-state index contributed by atoms with van der Waals surface area (Å²) < 4.78 is 27.1. The lowest BCUT2D eigenvalue weighted by molar-refractivity contribution is 0.102. The van der Waals surface area contributed by atoms with Crippen molar-refractivity contribution in [1.82, 2.24) is 4.98 Å². The molecule has 21 heavy (non-hydrogen) atoms. The van der Waals surface area contributed by atoms with Crippen LogP contribution in [0.5, 0.6) is 0 Å². The van der Waals surface area contributed by atoms with Gasteiger partial charge in [-0.3, -0.25) is 9.78 Å². The summed E-state index contributed by atoms with van der Waals surface area (Å²) in [6, 6.07) is 4.95. The second kappa shape index (κ2) is 6.59. The molecule has 4 nitrogen and oxygen atoms in total. The lowest BCUT2D eigenvalue weighted by atomic mass is 10.1. The van der Waals surface area contributed by atoms with Crippen molar-refractivity contribution in [3.05, 3.63) is 59.4 Å². The number of aliphatic hydroxyl groups excluding tert-OH is 1. The molecule has 2 rings (SSSR count). The molecule has 0 aliphatic carbocycles. The first-order valence-corrected chi connectivity index (χ1v) is 5.92. The molecule has 0 radical (unpaired) electrons. The van der Waals surface area contributed by atoms with Crippen LogP contribution in [0.1, 0.15) is 15.9 Å². The van der Waals surface area contributed by atoms with Crippen molar-refractivity contribution in [1.29, 1.82) is 0 Å². The van der Waals surface area contributed by atoms with Crippen molar-refractivity contribution in [2.45, 2.75) is 0 Å². The number of aliphatic hydroxyl groups is 1. The van der Waals surface area contributed by atoms with E-state index in [4.69, 9.17) is 5.11 Å². The first kappa shape index (κ1) is 14.6. The van der Waals surface area contributed by atoms with Crippen molar-refractivity contribution >= 4 is 11.6 Å². The van der Waals surface area contributed by atoms with Crippen LogP contribution in [-0.2, 0) is 0 Å². The predicted octanol–water partition coefficient (Wildman–Crippen LogP) is 1.96. The third-order valence-corrected chi connectivity index (χ3v) is 2.54. The number of hydrogen-bond acceptors (Lipinski definition) is 3. The van der Waals surface area contributed by atoms with Crippen molar-refractivity contribution in [3.8, 4) is 11.8 Å². The Hall–Kier alpha value is -2.78. The maximum atomic E-state index is 13.7. The van der Waals surface area contributed by atoms with Gasteiger partial charge in [0.2, 0.25) is 0 Å². The largest absolute Gasteiger partial charge is 0.384 e. The fourth-order valence-corrected chi connectivity index (χ4v) is 1.58. The lowest BCUT2D eigenvalue weighted by Crippen LogP contribution is -2.15. The summed E-state index contributed by atoms with van der Waals surface area (Å²) in [6.07, 6.45) is 2.24. The highest BCUT2D eigenvalue weighted by molar-refractivity contribution is 6.04. The third-order valence-electron chi connectivity index (χ3n) is 2.54. The van der Waals surface area contributed by atoms with Crippen LogP contribution in [0.3, 0.4) is 0 Å². The minimum atomic E-state index is -0.801. The second-order valence-electron chi connectivity index (χ2n) is 3.96. The van der Waals surface area contributed by atoms with Gasteiger partial charge in [-0.15, -0.1) is 0 Å². The Morgan fingerprint density at radius 1 is 1.29 bits per heavy atom. The van der Waals surface area contributed by atoms with Gasteiger partial charge in [0, 0.05) is 11.8 Å². The van der Waals surface area contributed by atoms with Gasteiger partial charge in [0.1, 0.15) is 12.4 Å². The van der Waals surface area contributed by atoms with Crippen molar-refractivity contribution in [3.63, 3.8) is 0 Å². The molecule has 0 bridgehead atoms. The van der Waals surface area contributed by atoms with E-state index in [0.717, 1.165) is 12.3 Å². The molecular formula is C15H10F2N2O2. The number of benzene rings is 1. The van der Waals surface area contributed by atoms with Crippen LogP contribution < -0.4 is 5.32 Å². The van der Waals surface area contributed by atoms with Crippen molar-refractivity contribution < 1.29 is 18.7 Å². The molecule has 0 aliphatic heterocycles. The summed E-state index contributed by atoms with van der Waals surface area (Å²) in [5.41, 5.74) is 0.00278. The summed E-state index contributed by atoms with van der Waals surface area (Å²) in [7, 11) is 0. The molecule has 2 N–H and O–H groups in total. The highest BCUT2D eigenvalue weighted by atomic mass is 19.1. The third kappa shape index (κ3) is 3.61. The fraction of sp³-hybridized carbons (Fsp3) is 0.0667. The molecule has 1 aromatic heterocycles. The summed E-state index contributed by atoms with van der Waals surface area (Å²) in [6.45, 7) is -0.346. The molecule has 0 aliphatic rings. The number of carbonyl (C=O) groups excluding carboxylic acids is 1. The van der Waals surface area contributed by atoms with E-state index in [1.165, 1.54) is 24.4 Å². The predicted molar refractivity (Wildman–Crippen MR) is 72.5 cm³/mol. The maximum absolute atomic E-state index is 13.7. The molecule has 2 aromatic rings. The highest BCUT2D eigenvalue weighted by Gasteiger charge is 2.14. The molecule has 1 aromatic carbocycles. The lowest BCUT2D eigenvalue weighted by Gasteiger charge is -2.07.